The van der Waals surface area contributed by atoms with E-state index in [-0.39, 0.29) is 12.1 Å². The lowest BCUT2D eigenvalue weighted by Gasteiger charge is -2.33. The van der Waals surface area contributed by atoms with Crippen molar-refractivity contribution in [3.05, 3.63) is 29.8 Å². The molecule has 5 heteroatoms. The second-order valence-electron chi connectivity index (χ2n) is 7.93. The minimum absolute atomic E-state index is 0.110. The number of amides is 2. The van der Waals surface area contributed by atoms with Gasteiger partial charge in [0, 0.05) is 18.8 Å². The molecular weight excluding hydrogens is 314 g/mol. The third-order valence-corrected chi connectivity index (χ3v) is 5.42. The number of nitrogens with zero attached hydrogens (tertiary/aromatic N) is 2. The Morgan fingerprint density at radius 3 is 2.72 bits per heavy atom. The summed E-state index contributed by atoms with van der Waals surface area (Å²) in [4.78, 5) is 16.9. The third-order valence-electron chi connectivity index (χ3n) is 5.42. The van der Waals surface area contributed by atoms with Crippen LogP contribution >= 0.6 is 0 Å². The van der Waals surface area contributed by atoms with Gasteiger partial charge in [-0.05, 0) is 76.7 Å². The van der Waals surface area contributed by atoms with Crippen LogP contribution in [-0.4, -0.2) is 58.8 Å². The maximum Gasteiger partial charge on any atom is 0.322 e. The second-order valence-corrected chi connectivity index (χ2v) is 7.93. The van der Waals surface area contributed by atoms with Gasteiger partial charge in [0.2, 0.25) is 0 Å². The molecule has 2 heterocycles. The molecule has 0 bridgehead atoms. The summed E-state index contributed by atoms with van der Waals surface area (Å²) in [6.07, 6.45) is 5.44. The Balaban J connectivity index is 1.58. The molecule has 0 spiro atoms. The summed E-state index contributed by atoms with van der Waals surface area (Å²) in [6.45, 7) is 7.78. The number of hydrogen-bond donors (Lipinski definition) is 2. The van der Waals surface area contributed by atoms with Gasteiger partial charge in [0.25, 0.3) is 0 Å². The van der Waals surface area contributed by atoms with Gasteiger partial charge in [0.1, 0.15) is 0 Å². The lowest BCUT2D eigenvalue weighted by Crippen LogP contribution is -2.49. The number of likely N-dealkylation sites (tertiary alicyclic amines) is 2. The van der Waals surface area contributed by atoms with Crippen LogP contribution in [0.15, 0.2) is 24.3 Å². The highest BCUT2D eigenvalue weighted by Gasteiger charge is 2.38. The zero-order valence-electron chi connectivity index (χ0n) is 15.5. The van der Waals surface area contributed by atoms with E-state index in [2.05, 4.69) is 22.3 Å². The van der Waals surface area contributed by atoms with Crippen molar-refractivity contribution in [1.29, 1.82) is 0 Å². The van der Waals surface area contributed by atoms with Gasteiger partial charge in [-0.1, -0.05) is 12.1 Å². The maximum absolute atomic E-state index is 12.6. The summed E-state index contributed by atoms with van der Waals surface area (Å²) < 4.78 is 0. The molecule has 2 aliphatic heterocycles. The van der Waals surface area contributed by atoms with E-state index in [0.29, 0.717) is 6.54 Å². The predicted octanol–water partition coefficient (Wildman–Crippen LogP) is 3.09. The Labute approximate surface area is 151 Å². The summed E-state index contributed by atoms with van der Waals surface area (Å²) in [5.41, 5.74) is 1.22. The Kier molecular flexibility index (Phi) is 5.64. The highest BCUT2D eigenvalue weighted by Crippen LogP contribution is 2.27. The second kappa shape index (κ2) is 7.75. The van der Waals surface area contributed by atoms with Crippen LogP contribution in [0.25, 0.3) is 0 Å². The first-order valence-electron chi connectivity index (χ1n) is 9.55. The summed E-state index contributed by atoms with van der Waals surface area (Å²) in [6, 6.07) is 7.91. The average Bonchev–Trinajstić information content (AvgIpc) is 3.24. The fraction of sp³-hybridized carbons (Fsp3) is 0.650. The predicted molar refractivity (Wildman–Crippen MR) is 101 cm³/mol. The number of carbonyl (C=O) groups excluding carboxylic acids is 1. The van der Waals surface area contributed by atoms with Crippen LogP contribution < -0.4 is 5.32 Å². The topological polar surface area (TPSA) is 55.8 Å². The van der Waals surface area contributed by atoms with Crippen molar-refractivity contribution in [3.8, 4) is 0 Å². The third kappa shape index (κ3) is 4.73. The average molecular weight is 345 g/mol. The molecule has 0 radical (unpaired) electrons. The van der Waals surface area contributed by atoms with E-state index in [4.69, 9.17) is 0 Å². The van der Waals surface area contributed by atoms with Crippen LogP contribution in [0, 0.1) is 0 Å². The molecular formula is C20H31N3O2. The Hall–Kier alpha value is -1.59. The van der Waals surface area contributed by atoms with Crippen LogP contribution in [0.4, 0.5) is 10.5 Å². The number of rotatable bonds is 5. The van der Waals surface area contributed by atoms with Gasteiger partial charge in [-0.2, -0.15) is 0 Å². The molecule has 2 aliphatic rings. The fourth-order valence-corrected chi connectivity index (χ4v) is 4.04. The number of aliphatic hydroxyl groups is 1. The molecule has 0 aromatic heterocycles. The number of urea groups is 1. The maximum atomic E-state index is 12.6. The molecule has 0 aliphatic carbocycles. The van der Waals surface area contributed by atoms with Crippen molar-refractivity contribution in [2.75, 3.05) is 31.5 Å². The number of hydrogen-bond acceptors (Lipinski definition) is 3. The SMILES string of the molecule is CC(C)(O)C1CCCN1C(=O)Nc1cccc(CCN2CCCC2)c1. The van der Waals surface area contributed by atoms with Crippen LogP contribution in [0.3, 0.4) is 0 Å². The van der Waals surface area contributed by atoms with Crippen LogP contribution in [0.2, 0.25) is 0 Å². The largest absolute Gasteiger partial charge is 0.388 e. The minimum Gasteiger partial charge on any atom is -0.388 e. The van der Waals surface area contributed by atoms with E-state index in [0.717, 1.165) is 31.5 Å². The van der Waals surface area contributed by atoms with Crippen molar-refractivity contribution < 1.29 is 9.90 Å². The van der Waals surface area contributed by atoms with Crippen molar-refractivity contribution >= 4 is 11.7 Å². The van der Waals surface area contributed by atoms with Crippen molar-refractivity contribution in [2.45, 2.75) is 57.6 Å². The van der Waals surface area contributed by atoms with Gasteiger partial charge in [0.15, 0.2) is 0 Å². The van der Waals surface area contributed by atoms with Gasteiger partial charge < -0.3 is 20.2 Å². The van der Waals surface area contributed by atoms with Crippen LogP contribution in [0.5, 0.6) is 0 Å². The summed E-state index contributed by atoms with van der Waals surface area (Å²) in [7, 11) is 0. The molecule has 138 valence electrons. The van der Waals surface area contributed by atoms with E-state index in [9.17, 15) is 9.90 Å². The van der Waals surface area contributed by atoms with Crippen LogP contribution in [0.1, 0.15) is 45.1 Å². The normalized spacial score (nSPS) is 21.7. The zero-order valence-corrected chi connectivity index (χ0v) is 15.5. The first-order chi connectivity index (χ1) is 11.9. The molecule has 5 nitrogen and oxygen atoms in total. The van der Waals surface area contributed by atoms with Gasteiger partial charge in [0.05, 0.1) is 11.6 Å². The Morgan fingerprint density at radius 1 is 1.24 bits per heavy atom. The molecule has 3 rings (SSSR count). The molecule has 2 amide bonds. The van der Waals surface area contributed by atoms with Crippen molar-refractivity contribution in [1.82, 2.24) is 9.80 Å². The minimum atomic E-state index is -0.870. The van der Waals surface area contributed by atoms with Gasteiger partial charge in [-0.15, -0.1) is 0 Å². The molecule has 0 saturated carbocycles. The molecule has 2 saturated heterocycles. The molecule has 1 atom stereocenters. The number of benzene rings is 1. The van der Waals surface area contributed by atoms with Gasteiger partial charge in [-0.25, -0.2) is 4.79 Å². The first kappa shape index (κ1) is 18.2. The summed E-state index contributed by atoms with van der Waals surface area (Å²) >= 11 is 0. The molecule has 2 fully saturated rings. The van der Waals surface area contributed by atoms with E-state index < -0.39 is 5.60 Å². The van der Waals surface area contributed by atoms with Crippen LogP contribution in [-0.2, 0) is 6.42 Å². The Bertz CT molecular complexity index is 591. The van der Waals surface area contributed by atoms with E-state index >= 15 is 0 Å². The van der Waals surface area contributed by atoms with E-state index in [1.165, 1.54) is 31.5 Å². The molecule has 1 aromatic carbocycles. The summed E-state index contributed by atoms with van der Waals surface area (Å²) in [5.74, 6) is 0. The molecule has 2 N–H and O–H groups in total. The Morgan fingerprint density at radius 2 is 2.00 bits per heavy atom. The van der Waals surface area contributed by atoms with Gasteiger partial charge >= 0.3 is 6.03 Å². The number of carbonyl (C=O) groups is 1. The number of nitrogens with one attached hydrogen (secondary N) is 1. The smallest absolute Gasteiger partial charge is 0.322 e. The number of anilines is 1. The zero-order chi connectivity index (χ0) is 17.9. The van der Waals surface area contributed by atoms with Crippen molar-refractivity contribution in [3.63, 3.8) is 0 Å². The lowest BCUT2D eigenvalue weighted by atomic mass is 9.97. The van der Waals surface area contributed by atoms with Gasteiger partial charge in [-0.3, -0.25) is 0 Å². The highest BCUT2D eigenvalue weighted by atomic mass is 16.3. The van der Waals surface area contributed by atoms with E-state index in [1.807, 2.05) is 12.1 Å². The first-order valence-corrected chi connectivity index (χ1v) is 9.55. The molecule has 1 aromatic rings. The monoisotopic (exact) mass is 345 g/mol. The lowest BCUT2D eigenvalue weighted by molar-refractivity contribution is 0.0117. The van der Waals surface area contributed by atoms with E-state index in [1.54, 1.807) is 18.7 Å². The quantitative estimate of drug-likeness (QED) is 0.862. The summed E-state index contributed by atoms with van der Waals surface area (Å²) in [5, 5.41) is 13.3. The standard InChI is InChI=1S/C20H31N3O2/c1-20(2,25)18-9-6-13-23(18)19(24)21-17-8-5-7-16(15-17)10-14-22-11-3-4-12-22/h5,7-8,15,18,25H,3-4,6,9-14H2,1-2H3,(H,21,24). The van der Waals surface area contributed by atoms with Crippen molar-refractivity contribution in [2.24, 2.45) is 0 Å². The highest BCUT2D eigenvalue weighted by molar-refractivity contribution is 5.89. The fourth-order valence-electron chi connectivity index (χ4n) is 4.04. The molecule has 1 unspecified atom stereocenters. The molecule has 25 heavy (non-hydrogen) atoms.